The minimum atomic E-state index is 0.825. The van der Waals surface area contributed by atoms with Crippen molar-refractivity contribution in [3.8, 4) is 0 Å². The topological polar surface area (TPSA) is 0 Å². The lowest BCUT2D eigenvalue weighted by molar-refractivity contribution is 0.547. The number of hydrogen-bond acceptors (Lipinski definition) is 0. The maximum absolute atomic E-state index is 3.51. The Bertz CT molecular complexity index is 230. The summed E-state index contributed by atoms with van der Waals surface area (Å²) >= 11 is 3.51. The van der Waals surface area contributed by atoms with E-state index in [2.05, 4.69) is 53.2 Å². The summed E-state index contributed by atoms with van der Waals surface area (Å²) in [6, 6.07) is 10.8. The van der Waals surface area contributed by atoms with Crippen LogP contribution in [0.5, 0.6) is 0 Å². The van der Waals surface area contributed by atoms with Crippen LogP contribution in [-0.4, -0.2) is 5.33 Å². The third-order valence-corrected chi connectivity index (χ3v) is 3.62. The fraction of sp³-hybridized carbons (Fsp3) is 0.538. The largest absolute Gasteiger partial charge is 0.0925 e. The minimum Gasteiger partial charge on any atom is -0.0925 e. The summed E-state index contributed by atoms with van der Waals surface area (Å²) in [6.45, 7) is 2.30. The van der Waals surface area contributed by atoms with Crippen LogP contribution in [0.1, 0.15) is 31.7 Å². The van der Waals surface area contributed by atoms with E-state index in [1.54, 1.807) is 0 Å². The molecule has 0 amide bonds. The van der Waals surface area contributed by atoms with Crippen LogP contribution in [0.4, 0.5) is 0 Å². The monoisotopic (exact) mass is 254 g/mol. The maximum Gasteiger partial charge on any atom is 0.00570 e. The van der Waals surface area contributed by atoms with E-state index < -0.39 is 0 Å². The van der Waals surface area contributed by atoms with Crippen molar-refractivity contribution in [1.82, 2.24) is 0 Å². The molecule has 0 aliphatic carbocycles. The predicted molar refractivity (Wildman–Crippen MR) is 67.0 cm³/mol. The van der Waals surface area contributed by atoms with E-state index in [1.807, 2.05) is 0 Å². The van der Waals surface area contributed by atoms with Crippen LogP contribution in [-0.2, 0) is 6.42 Å². The molecule has 1 unspecified atom stereocenters. The number of halogens is 1. The fourth-order valence-corrected chi connectivity index (χ4v) is 1.87. The first kappa shape index (κ1) is 11.8. The summed E-state index contributed by atoms with van der Waals surface area (Å²) in [5.41, 5.74) is 1.47. The Labute approximate surface area is 95.9 Å². The van der Waals surface area contributed by atoms with Gasteiger partial charge in [-0.1, -0.05) is 59.6 Å². The smallest absolute Gasteiger partial charge is 0.00570 e. The second-order valence-electron chi connectivity index (χ2n) is 3.99. The average molecular weight is 255 g/mol. The fourth-order valence-electron chi connectivity index (χ4n) is 1.54. The van der Waals surface area contributed by atoms with Gasteiger partial charge < -0.3 is 0 Å². The Balaban J connectivity index is 2.10. The molecule has 0 nitrogen and oxygen atoms in total. The van der Waals surface area contributed by atoms with E-state index in [-0.39, 0.29) is 0 Å². The highest BCUT2D eigenvalue weighted by Crippen LogP contribution is 2.12. The van der Waals surface area contributed by atoms with Gasteiger partial charge in [0.05, 0.1) is 0 Å². The number of rotatable bonds is 6. The molecular weight excluding hydrogens is 236 g/mol. The molecule has 1 rings (SSSR count). The first-order chi connectivity index (χ1) is 6.83. The van der Waals surface area contributed by atoms with Gasteiger partial charge in [-0.2, -0.15) is 0 Å². The maximum atomic E-state index is 3.51. The van der Waals surface area contributed by atoms with Gasteiger partial charge in [0.15, 0.2) is 0 Å². The van der Waals surface area contributed by atoms with E-state index in [9.17, 15) is 0 Å². The summed E-state index contributed by atoms with van der Waals surface area (Å²) in [5.74, 6) is 0.825. The van der Waals surface area contributed by atoms with Crippen LogP contribution in [0, 0.1) is 5.92 Å². The highest BCUT2D eigenvalue weighted by Gasteiger charge is 1.99. The number of unbranched alkanes of at least 4 members (excludes halogenated alkanes) is 1. The molecule has 0 radical (unpaired) electrons. The lowest BCUT2D eigenvalue weighted by atomic mass is 10.0. The Morgan fingerprint density at radius 2 is 1.86 bits per heavy atom. The highest BCUT2D eigenvalue weighted by atomic mass is 79.9. The summed E-state index contributed by atoms with van der Waals surface area (Å²) in [4.78, 5) is 0. The third kappa shape index (κ3) is 4.80. The van der Waals surface area contributed by atoms with Crippen LogP contribution >= 0.6 is 15.9 Å². The van der Waals surface area contributed by atoms with Crippen molar-refractivity contribution >= 4 is 15.9 Å². The van der Waals surface area contributed by atoms with Crippen molar-refractivity contribution < 1.29 is 0 Å². The molecule has 0 aliphatic heterocycles. The molecule has 78 valence electrons. The first-order valence-corrected chi connectivity index (χ1v) is 6.55. The molecule has 0 saturated carbocycles. The molecule has 1 heteroatoms. The van der Waals surface area contributed by atoms with Crippen molar-refractivity contribution in [2.75, 3.05) is 5.33 Å². The number of alkyl halides is 1. The van der Waals surface area contributed by atoms with Gasteiger partial charge in [-0.25, -0.2) is 0 Å². The zero-order valence-electron chi connectivity index (χ0n) is 8.88. The van der Waals surface area contributed by atoms with E-state index in [4.69, 9.17) is 0 Å². The summed E-state index contributed by atoms with van der Waals surface area (Å²) in [7, 11) is 0. The lowest BCUT2D eigenvalue weighted by Gasteiger charge is -2.06. The lowest BCUT2D eigenvalue weighted by Crippen LogP contribution is -1.95. The molecule has 0 aliphatic rings. The molecule has 0 saturated heterocycles. The van der Waals surface area contributed by atoms with Crippen LogP contribution in [0.25, 0.3) is 0 Å². The number of aryl methyl sites for hydroxylation is 1. The summed E-state index contributed by atoms with van der Waals surface area (Å²) in [6.07, 6.45) is 5.25. The van der Waals surface area contributed by atoms with Gasteiger partial charge in [0.1, 0.15) is 0 Å². The molecule has 1 aromatic rings. The Hall–Kier alpha value is -0.300. The van der Waals surface area contributed by atoms with Crippen molar-refractivity contribution in [3.05, 3.63) is 35.9 Å². The van der Waals surface area contributed by atoms with Crippen molar-refractivity contribution in [2.45, 2.75) is 32.6 Å². The first-order valence-electron chi connectivity index (χ1n) is 5.43. The van der Waals surface area contributed by atoms with E-state index in [0.717, 1.165) is 11.2 Å². The summed E-state index contributed by atoms with van der Waals surface area (Å²) in [5, 5.41) is 1.14. The third-order valence-electron chi connectivity index (χ3n) is 2.52. The zero-order chi connectivity index (χ0) is 10.2. The second-order valence-corrected chi connectivity index (χ2v) is 4.64. The number of hydrogen-bond donors (Lipinski definition) is 0. The van der Waals surface area contributed by atoms with Crippen LogP contribution in [0.3, 0.4) is 0 Å². The molecule has 0 N–H and O–H groups in total. The molecule has 1 aromatic carbocycles. The Morgan fingerprint density at radius 3 is 2.50 bits per heavy atom. The number of benzene rings is 1. The van der Waals surface area contributed by atoms with Crippen LogP contribution in [0.15, 0.2) is 30.3 Å². The Kier molecular flexibility index (Phi) is 5.93. The molecular formula is C13H19Br. The SMILES string of the molecule is CC(CBr)CCCCc1ccccc1. The van der Waals surface area contributed by atoms with Gasteiger partial charge in [-0.15, -0.1) is 0 Å². The molecule has 1 atom stereocenters. The van der Waals surface area contributed by atoms with Crippen molar-refractivity contribution in [3.63, 3.8) is 0 Å². The summed E-state index contributed by atoms with van der Waals surface area (Å²) < 4.78 is 0. The predicted octanol–water partition coefficient (Wildman–Crippen LogP) is 4.43. The normalized spacial score (nSPS) is 12.7. The molecule has 0 heterocycles. The second kappa shape index (κ2) is 7.05. The van der Waals surface area contributed by atoms with Gasteiger partial charge in [-0.05, 0) is 30.7 Å². The standard InChI is InChI=1S/C13H19Br/c1-12(11-14)7-5-6-10-13-8-3-2-4-9-13/h2-4,8-9,12H,5-7,10-11H2,1H3. The van der Waals surface area contributed by atoms with E-state index >= 15 is 0 Å². The van der Waals surface area contributed by atoms with Crippen molar-refractivity contribution in [1.29, 1.82) is 0 Å². The van der Waals surface area contributed by atoms with Gasteiger partial charge in [-0.3, -0.25) is 0 Å². The average Bonchev–Trinajstić information content (AvgIpc) is 2.25. The van der Waals surface area contributed by atoms with Crippen molar-refractivity contribution in [2.24, 2.45) is 5.92 Å². The van der Waals surface area contributed by atoms with E-state index in [1.165, 1.54) is 31.2 Å². The Morgan fingerprint density at radius 1 is 1.14 bits per heavy atom. The quantitative estimate of drug-likeness (QED) is 0.521. The zero-order valence-corrected chi connectivity index (χ0v) is 10.5. The van der Waals surface area contributed by atoms with Gasteiger partial charge in [0, 0.05) is 5.33 Å². The molecule has 0 aromatic heterocycles. The minimum absolute atomic E-state index is 0.825. The molecule has 0 bridgehead atoms. The van der Waals surface area contributed by atoms with Crippen LogP contribution < -0.4 is 0 Å². The van der Waals surface area contributed by atoms with Gasteiger partial charge in [0.2, 0.25) is 0 Å². The van der Waals surface area contributed by atoms with Crippen LogP contribution in [0.2, 0.25) is 0 Å². The van der Waals surface area contributed by atoms with Gasteiger partial charge >= 0.3 is 0 Å². The highest BCUT2D eigenvalue weighted by molar-refractivity contribution is 9.09. The van der Waals surface area contributed by atoms with Gasteiger partial charge in [0.25, 0.3) is 0 Å². The molecule has 0 fully saturated rings. The molecule has 0 spiro atoms. The van der Waals surface area contributed by atoms with E-state index in [0.29, 0.717) is 0 Å². The molecule has 14 heavy (non-hydrogen) atoms.